The fourth-order valence-corrected chi connectivity index (χ4v) is 1.55. The van der Waals surface area contributed by atoms with Crippen LogP contribution in [0.1, 0.15) is 12.6 Å². The molecular formula is C9H14N4. The molecule has 4 heteroatoms. The molecule has 0 amide bonds. The second-order valence-electron chi connectivity index (χ2n) is 4.04. The molecule has 1 aliphatic heterocycles. The van der Waals surface area contributed by atoms with Gasteiger partial charge in [-0.25, -0.2) is 0 Å². The van der Waals surface area contributed by atoms with Crippen LogP contribution in [0.25, 0.3) is 0 Å². The molecule has 2 N–H and O–H groups in total. The van der Waals surface area contributed by atoms with Gasteiger partial charge >= 0.3 is 0 Å². The average molecular weight is 178 g/mol. The van der Waals surface area contributed by atoms with Crippen LogP contribution < -0.4 is 10.6 Å². The van der Waals surface area contributed by atoms with Crippen LogP contribution in [0, 0.1) is 6.92 Å². The van der Waals surface area contributed by atoms with E-state index in [1.807, 2.05) is 26.0 Å². The van der Waals surface area contributed by atoms with Crippen LogP contribution in [0.2, 0.25) is 0 Å². The third-order valence-corrected chi connectivity index (χ3v) is 2.21. The predicted octanol–water partition coefficient (Wildman–Crippen LogP) is 0.322. The predicted molar refractivity (Wildman–Crippen MR) is 51.6 cm³/mol. The minimum absolute atomic E-state index is 0.0490. The zero-order chi connectivity index (χ0) is 9.47. The molecule has 2 rings (SSSR count). The van der Waals surface area contributed by atoms with E-state index in [0.29, 0.717) is 0 Å². The Morgan fingerprint density at radius 1 is 1.38 bits per heavy atom. The van der Waals surface area contributed by atoms with Gasteiger partial charge in [-0.3, -0.25) is 0 Å². The summed E-state index contributed by atoms with van der Waals surface area (Å²) in [4.78, 5) is 2.13. The van der Waals surface area contributed by atoms with Gasteiger partial charge in [0.05, 0.1) is 5.69 Å². The Labute approximate surface area is 77.8 Å². The molecule has 0 aliphatic carbocycles. The highest BCUT2D eigenvalue weighted by Crippen LogP contribution is 2.22. The van der Waals surface area contributed by atoms with Crippen molar-refractivity contribution in [3.05, 3.63) is 17.8 Å². The maximum absolute atomic E-state index is 5.89. The molecule has 1 aliphatic rings. The fraction of sp³-hybridized carbons (Fsp3) is 0.556. The van der Waals surface area contributed by atoms with E-state index < -0.39 is 0 Å². The normalized spacial score (nSPS) is 19.8. The summed E-state index contributed by atoms with van der Waals surface area (Å²) in [5, 5.41) is 8.08. The molecule has 0 radical (unpaired) electrons. The summed E-state index contributed by atoms with van der Waals surface area (Å²) in [5.74, 6) is 0.925. The monoisotopic (exact) mass is 178 g/mol. The van der Waals surface area contributed by atoms with Gasteiger partial charge in [-0.1, -0.05) is 0 Å². The van der Waals surface area contributed by atoms with Gasteiger partial charge in [-0.2, -0.15) is 5.10 Å². The molecule has 0 bridgehead atoms. The van der Waals surface area contributed by atoms with Crippen molar-refractivity contribution >= 4 is 5.82 Å². The summed E-state index contributed by atoms with van der Waals surface area (Å²) < 4.78 is 0. The first-order valence-electron chi connectivity index (χ1n) is 4.41. The molecule has 70 valence electrons. The fourth-order valence-electron chi connectivity index (χ4n) is 1.55. The van der Waals surface area contributed by atoms with Gasteiger partial charge < -0.3 is 10.6 Å². The number of aromatic nitrogens is 2. The minimum Gasteiger partial charge on any atom is -0.351 e. The Bertz CT molecular complexity index is 296. The molecule has 1 aromatic rings. The molecule has 0 atom stereocenters. The van der Waals surface area contributed by atoms with E-state index in [1.54, 1.807) is 0 Å². The van der Waals surface area contributed by atoms with Gasteiger partial charge in [-0.05, 0) is 26.0 Å². The van der Waals surface area contributed by atoms with Crippen molar-refractivity contribution in [2.45, 2.75) is 19.4 Å². The first-order chi connectivity index (χ1) is 6.07. The molecule has 4 nitrogen and oxygen atoms in total. The van der Waals surface area contributed by atoms with Crippen LogP contribution in [0.3, 0.4) is 0 Å². The number of aryl methyl sites for hydroxylation is 1. The molecule has 0 unspecified atom stereocenters. The van der Waals surface area contributed by atoms with Crippen molar-refractivity contribution < 1.29 is 0 Å². The molecule has 13 heavy (non-hydrogen) atoms. The molecule has 1 saturated heterocycles. The highest BCUT2D eigenvalue weighted by molar-refractivity contribution is 5.43. The smallest absolute Gasteiger partial charge is 0.151 e. The Kier molecular flexibility index (Phi) is 1.73. The quantitative estimate of drug-likeness (QED) is 0.673. The lowest BCUT2D eigenvalue weighted by molar-refractivity contribution is 0.362. The van der Waals surface area contributed by atoms with E-state index in [9.17, 15) is 0 Å². The van der Waals surface area contributed by atoms with Crippen LogP contribution in [-0.2, 0) is 0 Å². The van der Waals surface area contributed by atoms with Crippen LogP contribution in [-0.4, -0.2) is 28.8 Å². The maximum Gasteiger partial charge on any atom is 0.151 e. The maximum atomic E-state index is 5.89. The minimum atomic E-state index is -0.0490. The van der Waals surface area contributed by atoms with Crippen molar-refractivity contribution in [2.75, 3.05) is 18.0 Å². The SMILES string of the molecule is Cc1ccc(N2CC(C)(N)C2)nn1. The van der Waals surface area contributed by atoms with Crippen molar-refractivity contribution in [1.29, 1.82) is 0 Å². The first-order valence-corrected chi connectivity index (χ1v) is 4.41. The average Bonchev–Trinajstić information content (AvgIpc) is 2.01. The van der Waals surface area contributed by atoms with E-state index >= 15 is 0 Å². The third kappa shape index (κ3) is 1.62. The van der Waals surface area contributed by atoms with Gasteiger partial charge in [0, 0.05) is 18.6 Å². The van der Waals surface area contributed by atoms with Crippen molar-refractivity contribution in [3.63, 3.8) is 0 Å². The lowest BCUT2D eigenvalue weighted by Crippen LogP contribution is -2.65. The van der Waals surface area contributed by atoms with Gasteiger partial charge in [0.1, 0.15) is 0 Å². The van der Waals surface area contributed by atoms with E-state index in [2.05, 4.69) is 15.1 Å². The molecule has 0 spiro atoms. The third-order valence-electron chi connectivity index (χ3n) is 2.21. The topological polar surface area (TPSA) is 55.0 Å². The molecule has 1 fully saturated rings. The largest absolute Gasteiger partial charge is 0.351 e. The number of hydrogen-bond acceptors (Lipinski definition) is 4. The Hall–Kier alpha value is -1.16. The van der Waals surface area contributed by atoms with Crippen LogP contribution in [0.5, 0.6) is 0 Å². The summed E-state index contributed by atoms with van der Waals surface area (Å²) in [5.41, 5.74) is 6.78. The number of anilines is 1. The van der Waals surface area contributed by atoms with Gasteiger partial charge in [0.2, 0.25) is 0 Å². The van der Waals surface area contributed by atoms with Gasteiger partial charge in [-0.15, -0.1) is 5.10 Å². The first kappa shape index (κ1) is 8.44. The summed E-state index contributed by atoms with van der Waals surface area (Å²) >= 11 is 0. The summed E-state index contributed by atoms with van der Waals surface area (Å²) in [6.07, 6.45) is 0. The summed E-state index contributed by atoms with van der Waals surface area (Å²) in [6.45, 7) is 5.71. The highest BCUT2D eigenvalue weighted by Gasteiger charge is 2.35. The molecule has 0 saturated carbocycles. The van der Waals surface area contributed by atoms with Crippen LogP contribution in [0.15, 0.2) is 12.1 Å². The van der Waals surface area contributed by atoms with Gasteiger partial charge in [0.15, 0.2) is 5.82 Å². The van der Waals surface area contributed by atoms with E-state index in [1.165, 1.54) is 0 Å². The van der Waals surface area contributed by atoms with Crippen molar-refractivity contribution in [3.8, 4) is 0 Å². The lowest BCUT2D eigenvalue weighted by Gasteiger charge is -2.45. The second kappa shape index (κ2) is 2.67. The molecule has 0 aromatic carbocycles. The standard InChI is InChI=1S/C9H14N4/c1-7-3-4-8(12-11-7)13-5-9(2,10)6-13/h3-4H,5-6,10H2,1-2H3. The van der Waals surface area contributed by atoms with E-state index in [4.69, 9.17) is 5.73 Å². The summed E-state index contributed by atoms with van der Waals surface area (Å²) in [7, 11) is 0. The van der Waals surface area contributed by atoms with Crippen molar-refractivity contribution in [1.82, 2.24) is 10.2 Å². The molecule has 2 heterocycles. The molecule has 1 aromatic heterocycles. The second-order valence-corrected chi connectivity index (χ2v) is 4.04. The number of nitrogens with two attached hydrogens (primary N) is 1. The number of hydrogen-bond donors (Lipinski definition) is 1. The Balaban J connectivity index is 2.08. The van der Waals surface area contributed by atoms with Crippen molar-refractivity contribution in [2.24, 2.45) is 5.73 Å². The van der Waals surface area contributed by atoms with Crippen LogP contribution >= 0.6 is 0 Å². The van der Waals surface area contributed by atoms with Gasteiger partial charge in [0.25, 0.3) is 0 Å². The zero-order valence-electron chi connectivity index (χ0n) is 7.99. The molecular weight excluding hydrogens is 164 g/mol. The van der Waals surface area contributed by atoms with Crippen LogP contribution in [0.4, 0.5) is 5.82 Å². The Morgan fingerprint density at radius 2 is 2.08 bits per heavy atom. The Morgan fingerprint density at radius 3 is 2.54 bits per heavy atom. The highest BCUT2D eigenvalue weighted by atomic mass is 15.3. The number of nitrogens with zero attached hydrogens (tertiary/aromatic N) is 3. The lowest BCUT2D eigenvalue weighted by atomic mass is 9.94. The summed E-state index contributed by atoms with van der Waals surface area (Å²) in [6, 6.07) is 3.95. The number of rotatable bonds is 1. The zero-order valence-corrected chi connectivity index (χ0v) is 7.99. The van der Waals surface area contributed by atoms with E-state index in [0.717, 1.165) is 24.6 Å². The van der Waals surface area contributed by atoms with E-state index in [-0.39, 0.29) is 5.54 Å².